The average Bonchev–Trinajstić information content (AvgIpc) is 2.78. The van der Waals surface area contributed by atoms with E-state index in [1.165, 1.54) is 18.5 Å². The standard InChI is InChI=1S/C10H9ClN4O3/c11-4-10(16)13-6-14-5-12-8-2-1-7(15(17)18)3-9(8)14/h1-3,5H,4,6H2,(H,13,16). The maximum Gasteiger partial charge on any atom is 0.271 e. The maximum atomic E-state index is 11.0. The summed E-state index contributed by atoms with van der Waals surface area (Å²) in [6.45, 7) is 0.170. The van der Waals surface area contributed by atoms with Gasteiger partial charge in [-0.2, -0.15) is 0 Å². The summed E-state index contributed by atoms with van der Waals surface area (Å²) in [4.78, 5) is 25.3. The van der Waals surface area contributed by atoms with E-state index in [1.54, 1.807) is 10.6 Å². The van der Waals surface area contributed by atoms with Gasteiger partial charge < -0.3 is 9.88 Å². The van der Waals surface area contributed by atoms with Crippen molar-refractivity contribution in [3.05, 3.63) is 34.6 Å². The minimum Gasteiger partial charge on any atom is -0.337 e. The van der Waals surface area contributed by atoms with Crippen LogP contribution in [-0.4, -0.2) is 26.3 Å². The lowest BCUT2D eigenvalue weighted by Gasteiger charge is -2.05. The summed E-state index contributed by atoms with van der Waals surface area (Å²) in [5.74, 6) is -0.448. The fourth-order valence-electron chi connectivity index (χ4n) is 1.51. The third kappa shape index (κ3) is 2.40. The highest BCUT2D eigenvalue weighted by Gasteiger charge is 2.10. The summed E-state index contributed by atoms with van der Waals surface area (Å²) in [6.07, 6.45) is 1.50. The van der Waals surface area contributed by atoms with Crippen molar-refractivity contribution in [1.82, 2.24) is 14.9 Å². The molecule has 18 heavy (non-hydrogen) atoms. The fraction of sp³-hybridized carbons (Fsp3) is 0.200. The zero-order chi connectivity index (χ0) is 13.1. The Morgan fingerprint density at radius 2 is 2.33 bits per heavy atom. The van der Waals surface area contributed by atoms with Gasteiger partial charge in [0.1, 0.15) is 5.88 Å². The van der Waals surface area contributed by atoms with E-state index in [4.69, 9.17) is 11.6 Å². The van der Waals surface area contributed by atoms with Crippen LogP contribution in [0.2, 0.25) is 0 Å². The van der Waals surface area contributed by atoms with Crippen LogP contribution in [0.25, 0.3) is 11.0 Å². The molecule has 0 saturated carbocycles. The van der Waals surface area contributed by atoms with Crippen LogP contribution < -0.4 is 5.32 Å². The first-order valence-electron chi connectivity index (χ1n) is 5.04. The number of rotatable bonds is 4. The minimum atomic E-state index is -0.478. The molecule has 1 aromatic carbocycles. The molecule has 2 aromatic rings. The Balaban J connectivity index is 2.30. The Labute approximate surface area is 107 Å². The van der Waals surface area contributed by atoms with Gasteiger partial charge >= 0.3 is 0 Å². The summed E-state index contributed by atoms with van der Waals surface area (Å²) in [5.41, 5.74) is 1.19. The van der Waals surface area contributed by atoms with Crippen molar-refractivity contribution in [2.45, 2.75) is 6.67 Å². The molecule has 0 aliphatic carbocycles. The normalized spacial score (nSPS) is 10.5. The van der Waals surface area contributed by atoms with E-state index >= 15 is 0 Å². The second-order valence-electron chi connectivity index (χ2n) is 3.54. The van der Waals surface area contributed by atoms with Crippen molar-refractivity contribution >= 4 is 34.2 Å². The number of nitrogens with one attached hydrogen (secondary N) is 1. The highest BCUT2D eigenvalue weighted by Crippen LogP contribution is 2.19. The molecule has 1 aromatic heterocycles. The zero-order valence-electron chi connectivity index (χ0n) is 9.17. The smallest absolute Gasteiger partial charge is 0.271 e. The third-order valence-corrected chi connectivity index (χ3v) is 2.63. The van der Waals surface area contributed by atoms with Crippen molar-refractivity contribution < 1.29 is 9.72 Å². The second kappa shape index (κ2) is 5.01. The van der Waals surface area contributed by atoms with Crippen LogP contribution in [0.4, 0.5) is 5.69 Å². The number of aromatic nitrogens is 2. The Morgan fingerprint density at radius 1 is 1.56 bits per heavy atom. The van der Waals surface area contributed by atoms with Gasteiger partial charge in [-0.1, -0.05) is 0 Å². The van der Waals surface area contributed by atoms with E-state index in [2.05, 4.69) is 10.3 Å². The molecular formula is C10H9ClN4O3. The van der Waals surface area contributed by atoms with Crippen molar-refractivity contribution in [3.8, 4) is 0 Å². The zero-order valence-corrected chi connectivity index (χ0v) is 9.92. The number of hydrogen-bond donors (Lipinski definition) is 1. The first-order valence-corrected chi connectivity index (χ1v) is 5.57. The van der Waals surface area contributed by atoms with Gasteiger partial charge in [-0.3, -0.25) is 14.9 Å². The molecule has 7 nitrogen and oxygen atoms in total. The maximum absolute atomic E-state index is 11.0. The van der Waals surface area contributed by atoms with Crippen molar-refractivity contribution in [1.29, 1.82) is 0 Å². The van der Waals surface area contributed by atoms with Gasteiger partial charge in [-0.15, -0.1) is 11.6 Å². The van der Waals surface area contributed by atoms with Crippen molar-refractivity contribution in [2.24, 2.45) is 0 Å². The Morgan fingerprint density at radius 3 is 3.00 bits per heavy atom. The van der Waals surface area contributed by atoms with Gasteiger partial charge in [0.15, 0.2) is 0 Å². The Kier molecular flexibility index (Phi) is 3.42. The lowest BCUT2D eigenvalue weighted by Crippen LogP contribution is -2.26. The molecule has 0 spiro atoms. The van der Waals surface area contributed by atoms with Gasteiger partial charge in [0.2, 0.25) is 5.91 Å². The number of halogens is 1. The summed E-state index contributed by atoms with van der Waals surface area (Å²) in [7, 11) is 0. The van der Waals surface area contributed by atoms with E-state index in [-0.39, 0.29) is 24.1 Å². The van der Waals surface area contributed by atoms with Gasteiger partial charge in [0.25, 0.3) is 5.69 Å². The van der Waals surface area contributed by atoms with Crippen LogP contribution in [0.3, 0.4) is 0 Å². The van der Waals surface area contributed by atoms with Crippen molar-refractivity contribution in [3.63, 3.8) is 0 Å². The van der Waals surface area contributed by atoms with Crippen LogP contribution in [0.1, 0.15) is 0 Å². The lowest BCUT2D eigenvalue weighted by atomic mass is 10.3. The summed E-state index contributed by atoms with van der Waals surface area (Å²) in [5, 5.41) is 13.2. The average molecular weight is 269 g/mol. The molecule has 0 fully saturated rings. The number of amides is 1. The lowest BCUT2D eigenvalue weighted by molar-refractivity contribution is -0.384. The summed E-state index contributed by atoms with van der Waals surface area (Å²) in [6, 6.07) is 4.36. The molecule has 0 unspecified atom stereocenters. The van der Waals surface area contributed by atoms with Gasteiger partial charge in [-0.05, 0) is 6.07 Å². The topological polar surface area (TPSA) is 90.1 Å². The van der Waals surface area contributed by atoms with Crippen LogP contribution in [-0.2, 0) is 11.5 Å². The van der Waals surface area contributed by atoms with Crippen LogP contribution in [0, 0.1) is 10.1 Å². The fourth-order valence-corrected chi connectivity index (χ4v) is 1.60. The Hall–Kier alpha value is -2.15. The van der Waals surface area contributed by atoms with Gasteiger partial charge in [0.05, 0.1) is 29.0 Å². The first-order chi connectivity index (χ1) is 8.61. The van der Waals surface area contributed by atoms with E-state index in [9.17, 15) is 14.9 Å². The highest BCUT2D eigenvalue weighted by molar-refractivity contribution is 6.27. The molecule has 1 amide bonds. The van der Waals surface area contributed by atoms with Crippen LogP contribution in [0.5, 0.6) is 0 Å². The number of alkyl halides is 1. The molecule has 2 rings (SSSR count). The number of nitro benzene ring substituents is 1. The Bertz CT molecular complexity index is 610. The third-order valence-electron chi connectivity index (χ3n) is 2.38. The summed E-state index contributed by atoms with van der Waals surface area (Å²) >= 11 is 5.35. The number of carbonyl (C=O) groups is 1. The molecule has 1 heterocycles. The first kappa shape index (κ1) is 12.3. The highest BCUT2D eigenvalue weighted by atomic mass is 35.5. The number of nitro groups is 1. The predicted molar refractivity (Wildman–Crippen MR) is 65.3 cm³/mol. The molecule has 0 atom stereocenters. The molecule has 94 valence electrons. The monoisotopic (exact) mass is 268 g/mol. The largest absolute Gasteiger partial charge is 0.337 e. The van der Waals surface area contributed by atoms with Gasteiger partial charge in [0, 0.05) is 12.1 Å². The molecule has 0 radical (unpaired) electrons. The van der Waals surface area contributed by atoms with Gasteiger partial charge in [-0.25, -0.2) is 4.98 Å². The van der Waals surface area contributed by atoms with E-state index in [0.717, 1.165) is 0 Å². The van der Waals surface area contributed by atoms with Crippen LogP contribution in [0.15, 0.2) is 24.5 Å². The number of imidazole rings is 1. The predicted octanol–water partition coefficient (Wildman–Crippen LogP) is 1.26. The molecule has 0 saturated heterocycles. The number of non-ortho nitro benzene ring substituents is 1. The van der Waals surface area contributed by atoms with Crippen molar-refractivity contribution in [2.75, 3.05) is 5.88 Å². The molecular weight excluding hydrogens is 260 g/mol. The minimum absolute atomic E-state index is 0.0204. The number of fused-ring (bicyclic) bond motifs is 1. The van der Waals surface area contributed by atoms with E-state index in [0.29, 0.717) is 11.0 Å². The van der Waals surface area contributed by atoms with Crippen LogP contribution >= 0.6 is 11.6 Å². The molecule has 0 aliphatic heterocycles. The SMILES string of the molecule is O=C(CCl)NCn1cnc2ccc([N+](=O)[O-])cc21. The number of hydrogen-bond acceptors (Lipinski definition) is 4. The van der Waals surface area contributed by atoms with E-state index in [1.807, 2.05) is 0 Å². The summed E-state index contributed by atoms with van der Waals surface area (Å²) < 4.78 is 1.60. The molecule has 0 aliphatic rings. The number of nitrogens with zero attached hydrogens (tertiary/aromatic N) is 3. The quantitative estimate of drug-likeness (QED) is 0.513. The number of benzene rings is 1. The molecule has 0 bridgehead atoms. The molecule has 8 heteroatoms. The van der Waals surface area contributed by atoms with E-state index < -0.39 is 4.92 Å². The number of carbonyl (C=O) groups excluding carboxylic acids is 1. The molecule has 1 N–H and O–H groups in total. The second-order valence-corrected chi connectivity index (χ2v) is 3.80.